The van der Waals surface area contributed by atoms with Crippen molar-refractivity contribution in [1.82, 2.24) is 20.0 Å². The first-order valence-corrected chi connectivity index (χ1v) is 11.9. The third-order valence-corrected chi connectivity index (χ3v) is 6.48. The van der Waals surface area contributed by atoms with Gasteiger partial charge in [0.05, 0.1) is 6.54 Å². The van der Waals surface area contributed by atoms with Crippen molar-refractivity contribution in [2.24, 2.45) is 4.99 Å². The standard InChI is InChI=1S/C24H35N5O3/c1-2-25-24(28-14-12-27(13-15-28)23(31)21-9-6-16-32-21)26-17-19-7-3-4-8-20(19)18-29-11-5-10-22(29)30/h3-4,7-8,21H,2,5-6,9-18H2,1H3,(H,25,26). The van der Waals surface area contributed by atoms with Crippen LogP contribution in [0.15, 0.2) is 29.3 Å². The Bertz CT molecular complexity index is 829. The molecule has 0 radical (unpaired) electrons. The van der Waals surface area contributed by atoms with E-state index in [1.165, 1.54) is 0 Å². The molecule has 0 bridgehead atoms. The molecular weight excluding hydrogens is 406 g/mol. The van der Waals surface area contributed by atoms with Crippen LogP contribution in [0.25, 0.3) is 0 Å². The minimum absolute atomic E-state index is 0.134. The lowest BCUT2D eigenvalue weighted by Crippen LogP contribution is -2.55. The molecule has 3 heterocycles. The summed E-state index contributed by atoms with van der Waals surface area (Å²) in [5.41, 5.74) is 2.31. The van der Waals surface area contributed by atoms with Gasteiger partial charge in [-0.2, -0.15) is 0 Å². The maximum atomic E-state index is 12.6. The van der Waals surface area contributed by atoms with Crippen LogP contribution in [0.4, 0.5) is 0 Å². The zero-order chi connectivity index (χ0) is 22.3. The predicted octanol–water partition coefficient (Wildman–Crippen LogP) is 1.60. The monoisotopic (exact) mass is 441 g/mol. The number of rotatable bonds is 6. The Labute approximate surface area is 190 Å². The summed E-state index contributed by atoms with van der Waals surface area (Å²) < 4.78 is 5.57. The van der Waals surface area contributed by atoms with E-state index in [4.69, 9.17) is 9.73 Å². The number of aliphatic imine (C=N–C) groups is 1. The van der Waals surface area contributed by atoms with E-state index in [-0.39, 0.29) is 17.9 Å². The number of benzene rings is 1. The van der Waals surface area contributed by atoms with Gasteiger partial charge in [-0.05, 0) is 37.3 Å². The maximum Gasteiger partial charge on any atom is 0.251 e. The fourth-order valence-electron chi connectivity index (χ4n) is 4.64. The van der Waals surface area contributed by atoms with Crippen LogP contribution >= 0.6 is 0 Å². The Kier molecular flexibility index (Phi) is 7.63. The summed E-state index contributed by atoms with van der Waals surface area (Å²) in [4.78, 5) is 35.7. The number of carbonyl (C=O) groups is 2. The first-order chi connectivity index (χ1) is 15.7. The van der Waals surface area contributed by atoms with E-state index >= 15 is 0 Å². The highest BCUT2D eigenvalue weighted by molar-refractivity contribution is 5.83. The quantitative estimate of drug-likeness (QED) is 0.536. The Morgan fingerprint density at radius 2 is 1.84 bits per heavy atom. The maximum absolute atomic E-state index is 12.6. The summed E-state index contributed by atoms with van der Waals surface area (Å²) in [5, 5.41) is 3.40. The molecule has 0 aromatic heterocycles. The van der Waals surface area contributed by atoms with Gasteiger partial charge in [-0.1, -0.05) is 24.3 Å². The molecule has 1 atom stereocenters. The second-order valence-electron chi connectivity index (χ2n) is 8.67. The van der Waals surface area contributed by atoms with Crippen molar-refractivity contribution in [2.45, 2.75) is 51.8 Å². The number of piperazine rings is 1. The zero-order valence-corrected chi connectivity index (χ0v) is 19.1. The number of nitrogens with one attached hydrogen (secondary N) is 1. The van der Waals surface area contributed by atoms with E-state index in [0.717, 1.165) is 62.5 Å². The lowest BCUT2D eigenvalue weighted by atomic mass is 10.1. The van der Waals surface area contributed by atoms with Crippen LogP contribution in [-0.2, 0) is 27.4 Å². The molecule has 8 heteroatoms. The van der Waals surface area contributed by atoms with Gasteiger partial charge in [-0.15, -0.1) is 0 Å². The van der Waals surface area contributed by atoms with Crippen molar-refractivity contribution < 1.29 is 14.3 Å². The Morgan fingerprint density at radius 3 is 2.50 bits per heavy atom. The highest BCUT2D eigenvalue weighted by Gasteiger charge is 2.31. The van der Waals surface area contributed by atoms with Gasteiger partial charge in [0, 0.05) is 58.8 Å². The molecule has 1 unspecified atom stereocenters. The van der Waals surface area contributed by atoms with Gasteiger partial charge in [0.2, 0.25) is 5.91 Å². The molecule has 8 nitrogen and oxygen atoms in total. The molecule has 3 fully saturated rings. The number of amides is 2. The van der Waals surface area contributed by atoms with Crippen LogP contribution in [0.5, 0.6) is 0 Å². The minimum atomic E-state index is -0.248. The number of likely N-dealkylation sites (tertiary alicyclic amines) is 1. The van der Waals surface area contributed by atoms with Crippen LogP contribution < -0.4 is 5.32 Å². The second-order valence-corrected chi connectivity index (χ2v) is 8.67. The van der Waals surface area contributed by atoms with Crippen LogP contribution in [0, 0.1) is 0 Å². The van der Waals surface area contributed by atoms with Crippen LogP contribution in [0.2, 0.25) is 0 Å². The largest absolute Gasteiger partial charge is 0.368 e. The SMILES string of the molecule is CCNC(=NCc1ccccc1CN1CCCC1=O)N1CCN(C(=O)C2CCCO2)CC1. The second kappa shape index (κ2) is 10.8. The lowest BCUT2D eigenvalue weighted by Gasteiger charge is -2.37. The molecule has 174 valence electrons. The smallest absolute Gasteiger partial charge is 0.251 e. The number of carbonyl (C=O) groups excluding carboxylic acids is 2. The van der Waals surface area contributed by atoms with E-state index in [1.54, 1.807) is 0 Å². The summed E-state index contributed by atoms with van der Waals surface area (Å²) in [6.07, 6.45) is 3.17. The Balaban J connectivity index is 1.37. The van der Waals surface area contributed by atoms with E-state index in [0.29, 0.717) is 39.2 Å². The van der Waals surface area contributed by atoms with Crippen molar-refractivity contribution in [3.05, 3.63) is 35.4 Å². The molecule has 32 heavy (non-hydrogen) atoms. The molecule has 1 N–H and O–H groups in total. The van der Waals surface area contributed by atoms with Gasteiger partial charge in [0.1, 0.15) is 6.10 Å². The fraction of sp³-hybridized carbons (Fsp3) is 0.625. The van der Waals surface area contributed by atoms with Crippen LogP contribution in [-0.4, -0.2) is 84.5 Å². The van der Waals surface area contributed by atoms with E-state index < -0.39 is 0 Å². The van der Waals surface area contributed by atoms with Crippen molar-refractivity contribution >= 4 is 17.8 Å². The molecule has 3 aliphatic rings. The molecule has 0 saturated carbocycles. The van der Waals surface area contributed by atoms with Gasteiger partial charge in [0.25, 0.3) is 5.91 Å². The molecular formula is C24H35N5O3. The zero-order valence-electron chi connectivity index (χ0n) is 19.1. The summed E-state index contributed by atoms with van der Waals surface area (Å²) in [7, 11) is 0. The number of ether oxygens (including phenoxy) is 1. The number of nitrogens with zero attached hydrogens (tertiary/aromatic N) is 4. The minimum Gasteiger partial charge on any atom is -0.368 e. The summed E-state index contributed by atoms with van der Waals surface area (Å²) in [6.45, 7) is 8.52. The molecule has 3 aliphatic heterocycles. The molecule has 2 amide bonds. The highest BCUT2D eigenvalue weighted by atomic mass is 16.5. The Hall–Kier alpha value is -2.61. The van der Waals surface area contributed by atoms with Crippen molar-refractivity contribution in [3.8, 4) is 0 Å². The fourth-order valence-corrected chi connectivity index (χ4v) is 4.64. The molecule has 0 aliphatic carbocycles. The van der Waals surface area contributed by atoms with Gasteiger partial charge < -0.3 is 24.8 Å². The highest BCUT2D eigenvalue weighted by Crippen LogP contribution is 2.19. The third kappa shape index (κ3) is 5.41. The first-order valence-electron chi connectivity index (χ1n) is 11.9. The molecule has 0 spiro atoms. The van der Waals surface area contributed by atoms with Gasteiger partial charge in [-0.25, -0.2) is 4.99 Å². The van der Waals surface area contributed by atoms with Crippen molar-refractivity contribution in [1.29, 1.82) is 0 Å². The van der Waals surface area contributed by atoms with Crippen LogP contribution in [0.1, 0.15) is 43.7 Å². The third-order valence-electron chi connectivity index (χ3n) is 6.48. The normalized spacial score (nSPS) is 22.0. The van der Waals surface area contributed by atoms with Crippen LogP contribution in [0.3, 0.4) is 0 Å². The average molecular weight is 442 g/mol. The molecule has 3 saturated heterocycles. The molecule has 4 rings (SSSR count). The van der Waals surface area contributed by atoms with E-state index in [2.05, 4.69) is 29.3 Å². The summed E-state index contributed by atoms with van der Waals surface area (Å²) in [6, 6.07) is 8.25. The number of guanidine groups is 1. The van der Waals surface area contributed by atoms with Gasteiger partial charge in [-0.3, -0.25) is 9.59 Å². The summed E-state index contributed by atoms with van der Waals surface area (Å²) in [5.74, 6) is 1.25. The predicted molar refractivity (Wildman–Crippen MR) is 123 cm³/mol. The Morgan fingerprint density at radius 1 is 1.09 bits per heavy atom. The first kappa shape index (κ1) is 22.6. The number of hydrogen-bond acceptors (Lipinski definition) is 4. The van der Waals surface area contributed by atoms with Gasteiger partial charge in [0.15, 0.2) is 5.96 Å². The van der Waals surface area contributed by atoms with Crippen molar-refractivity contribution in [2.75, 3.05) is 45.9 Å². The average Bonchev–Trinajstić information content (AvgIpc) is 3.50. The van der Waals surface area contributed by atoms with Crippen molar-refractivity contribution in [3.63, 3.8) is 0 Å². The van der Waals surface area contributed by atoms with Gasteiger partial charge >= 0.3 is 0 Å². The topological polar surface area (TPSA) is 77.5 Å². The summed E-state index contributed by atoms with van der Waals surface area (Å²) >= 11 is 0. The van der Waals surface area contributed by atoms with E-state index in [1.807, 2.05) is 21.9 Å². The molecule has 1 aromatic rings. The molecule has 1 aromatic carbocycles. The van der Waals surface area contributed by atoms with E-state index in [9.17, 15) is 9.59 Å². The lowest BCUT2D eigenvalue weighted by molar-refractivity contribution is -0.142. The number of hydrogen-bond donors (Lipinski definition) is 1.